The third-order valence-corrected chi connectivity index (χ3v) is 5.71. The number of imide groups is 1. The predicted octanol–water partition coefficient (Wildman–Crippen LogP) is 5.75. The Kier molecular flexibility index (Phi) is 6.69. The van der Waals surface area contributed by atoms with E-state index >= 15 is 0 Å². The molecule has 0 aromatic heterocycles. The van der Waals surface area contributed by atoms with Crippen LogP contribution in [0.15, 0.2) is 45.8 Å². The molecule has 0 spiro atoms. The molecule has 0 N–H and O–H groups in total. The molecule has 1 aliphatic heterocycles. The summed E-state index contributed by atoms with van der Waals surface area (Å²) < 4.78 is 11.7. The van der Waals surface area contributed by atoms with E-state index in [2.05, 4.69) is 15.9 Å². The highest BCUT2D eigenvalue weighted by atomic mass is 79.9. The normalized spacial score (nSPS) is 15.4. The lowest BCUT2D eigenvalue weighted by Gasteiger charge is -2.13. The molecule has 1 fully saturated rings. The van der Waals surface area contributed by atoms with Crippen molar-refractivity contribution in [2.75, 3.05) is 13.7 Å². The van der Waals surface area contributed by atoms with Gasteiger partial charge in [-0.25, -0.2) is 0 Å². The molecule has 2 aromatic carbocycles. The van der Waals surface area contributed by atoms with Crippen LogP contribution >= 0.6 is 39.3 Å². The van der Waals surface area contributed by atoms with Crippen LogP contribution in [-0.4, -0.2) is 29.8 Å². The minimum Gasteiger partial charge on any atom is -0.493 e. The van der Waals surface area contributed by atoms with Crippen LogP contribution in [0.25, 0.3) is 6.08 Å². The van der Waals surface area contributed by atoms with Crippen molar-refractivity contribution in [3.8, 4) is 11.5 Å². The third-order valence-electron chi connectivity index (χ3n) is 3.97. The Labute approximate surface area is 180 Å². The molecule has 2 aromatic rings. The van der Waals surface area contributed by atoms with Crippen LogP contribution in [0.1, 0.15) is 18.1 Å². The summed E-state index contributed by atoms with van der Waals surface area (Å²) in [6.07, 6.45) is 1.68. The SMILES string of the molecule is CCOc1c(Br)cc(C=C2SC(=O)N(Cc3ccc(Cl)cc3)C2=O)cc1OC. The molecule has 0 radical (unpaired) electrons. The van der Waals surface area contributed by atoms with Crippen LogP contribution in [0.4, 0.5) is 4.79 Å². The zero-order valence-electron chi connectivity index (χ0n) is 15.2. The van der Waals surface area contributed by atoms with E-state index in [0.717, 1.165) is 22.9 Å². The first kappa shape index (κ1) is 20.8. The van der Waals surface area contributed by atoms with Crippen molar-refractivity contribution in [3.63, 3.8) is 0 Å². The van der Waals surface area contributed by atoms with Crippen LogP contribution in [0.3, 0.4) is 0 Å². The summed E-state index contributed by atoms with van der Waals surface area (Å²) in [4.78, 5) is 26.6. The molecule has 146 valence electrons. The molecule has 2 amide bonds. The first-order valence-electron chi connectivity index (χ1n) is 8.43. The average Bonchev–Trinajstić information content (AvgIpc) is 2.92. The summed E-state index contributed by atoms with van der Waals surface area (Å²) in [5.74, 6) is 0.815. The third kappa shape index (κ3) is 4.54. The van der Waals surface area contributed by atoms with E-state index in [0.29, 0.717) is 32.5 Å². The van der Waals surface area contributed by atoms with E-state index in [1.807, 2.05) is 13.0 Å². The lowest BCUT2D eigenvalue weighted by atomic mass is 10.1. The largest absolute Gasteiger partial charge is 0.493 e. The van der Waals surface area contributed by atoms with Gasteiger partial charge in [-0.2, -0.15) is 0 Å². The molecule has 3 rings (SSSR count). The van der Waals surface area contributed by atoms with Gasteiger partial charge in [0.1, 0.15) is 0 Å². The maximum atomic E-state index is 12.7. The number of carbonyl (C=O) groups is 2. The van der Waals surface area contributed by atoms with Gasteiger partial charge in [0.25, 0.3) is 11.1 Å². The molecule has 1 heterocycles. The number of benzene rings is 2. The topological polar surface area (TPSA) is 55.8 Å². The quantitative estimate of drug-likeness (QED) is 0.491. The Morgan fingerprint density at radius 2 is 1.93 bits per heavy atom. The fraction of sp³-hybridized carbons (Fsp3) is 0.200. The van der Waals surface area contributed by atoms with E-state index in [1.165, 1.54) is 4.90 Å². The maximum absolute atomic E-state index is 12.7. The van der Waals surface area contributed by atoms with Crippen molar-refractivity contribution in [2.45, 2.75) is 13.5 Å². The van der Waals surface area contributed by atoms with Gasteiger partial charge in [-0.3, -0.25) is 14.5 Å². The molecule has 0 atom stereocenters. The molecular weight excluding hydrogens is 466 g/mol. The summed E-state index contributed by atoms with van der Waals surface area (Å²) >= 11 is 10.3. The van der Waals surface area contributed by atoms with Gasteiger partial charge in [-0.05, 0) is 76.1 Å². The van der Waals surface area contributed by atoms with Gasteiger partial charge in [0.05, 0.1) is 29.6 Å². The monoisotopic (exact) mass is 481 g/mol. The molecule has 0 saturated carbocycles. The van der Waals surface area contributed by atoms with Crippen molar-refractivity contribution in [3.05, 3.63) is 61.9 Å². The number of nitrogens with zero attached hydrogens (tertiary/aromatic N) is 1. The van der Waals surface area contributed by atoms with Crippen molar-refractivity contribution in [2.24, 2.45) is 0 Å². The standard InChI is InChI=1S/C20H17BrClNO4S/c1-3-27-18-15(21)8-13(9-16(18)26-2)10-17-19(24)23(20(25)28-17)11-12-4-6-14(22)7-5-12/h4-10H,3,11H2,1-2H3. The Hall–Kier alpha value is -1.96. The first-order valence-corrected chi connectivity index (χ1v) is 10.4. The number of thioether (sulfide) groups is 1. The van der Waals surface area contributed by atoms with E-state index < -0.39 is 0 Å². The minimum atomic E-state index is -0.325. The fourth-order valence-electron chi connectivity index (χ4n) is 2.67. The van der Waals surface area contributed by atoms with Crippen molar-refractivity contribution >= 4 is 56.5 Å². The van der Waals surface area contributed by atoms with Gasteiger partial charge in [0.2, 0.25) is 0 Å². The molecule has 0 aliphatic carbocycles. The molecular formula is C20H17BrClNO4S. The van der Waals surface area contributed by atoms with Crippen LogP contribution in [0, 0.1) is 0 Å². The number of ether oxygens (including phenoxy) is 2. The number of carbonyl (C=O) groups excluding carboxylic acids is 2. The second-order valence-corrected chi connectivity index (χ2v) is 8.15. The Bertz CT molecular complexity index is 946. The number of methoxy groups -OCH3 is 1. The average molecular weight is 483 g/mol. The zero-order valence-corrected chi connectivity index (χ0v) is 18.4. The smallest absolute Gasteiger partial charge is 0.293 e. The van der Waals surface area contributed by atoms with Gasteiger partial charge >= 0.3 is 0 Å². The van der Waals surface area contributed by atoms with Crippen molar-refractivity contribution in [1.29, 1.82) is 0 Å². The maximum Gasteiger partial charge on any atom is 0.293 e. The molecule has 0 bridgehead atoms. The van der Waals surface area contributed by atoms with Gasteiger partial charge in [-0.15, -0.1) is 0 Å². The summed E-state index contributed by atoms with van der Waals surface area (Å²) in [5, 5.41) is 0.302. The summed E-state index contributed by atoms with van der Waals surface area (Å²) in [5.41, 5.74) is 1.56. The zero-order chi connectivity index (χ0) is 20.3. The minimum absolute atomic E-state index is 0.204. The van der Waals surface area contributed by atoms with Gasteiger partial charge < -0.3 is 9.47 Å². The molecule has 28 heavy (non-hydrogen) atoms. The Morgan fingerprint density at radius 3 is 2.57 bits per heavy atom. The van der Waals surface area contributed by atoms with Crippen molar-refractivity contribution in [1.82, 2.24) is 4.90 Å². The van der Waals surface area contributed by atoms with E-state index in [-0.39, 0.29) is 17.7 Å². The predicted molar refractivity (Wildman–Crippen MR) is 115 cm³/mol. The number of rotatable bonds is 6. The second-order valence-electron chi connectivity index (χ2n) is 5.86. The molecule has 1 aliphatic rings. The second kappa shape index (κ2) is 9.03. The molecule has 5 nitrogen and oxygen atoms in total. The summed E-state index contributed by atoms with van der Waals surface area (Å²) in [7, 11) is 1.55. The lowest BCUT2D eigenvalue weighted by Crippen LogP contribution is -2.27. The van der Waals surface area contributed by atoms with Gasteiger partial charge in [-0.1, -0.05) is 23.7 Å². The van der Waals surface area contributed by atoms with E-state index in [9.17, 15) is 9.59 Å². The highest BCUT2D eigenvalue weighted by molar-refractivity contribution is 9.10. The fourth-order valence-corrected chi connectivity index (χ4v) is 4.21. The lowest BCUT2D eigenvalue weighted by molar-refractivity contribution is -0.123. The number of halogens is 2. The number of hydrogen-bond donors (Lipinski definition) is 0. The van der Waals surface area contributed by atoms with Crippen LogP contribution < -0.4 is 9.47 Å². The van der Waals surface area contributed by atoms with E-state index in [4.69, 9.17) is 21.1 Å². The van der Waals surface area contributed by atoms with Gasteiger partial charge in [0.15, 0.2) is 11.5 Å². The Balaban J connectivity index is 1.85. The molecule has 8 heteroatoms. The van der Waals surface area contributed by atoms with Gasteiger partial charge in [0, 0.05) is 5.02 Å². The summed E-state index contributed by atoms with van der Waals surface area (Å²) in [6.45, 7) is 2.59. The molecule has 1 saturated heterocycles. The van der Waals surface area contributed by atoms with Crippen LogP contribution in [0.2, 0.25) is 5.02 Å². The molecule has 0 unspecified atom stereocenters. The van der Waals surface area contributed by atoms with Crippen LogP contribution in [-0.2, 0) is 11.3 Å². The number of hydrogen-bond acceptors (Lipinski definition) is 5. The van der Waals surface area contributed by atoms with Crippen molar-refractivity contribution < 1.29 is 19.1 Å². The highest BCUT2D eigenvalue weighted by Gasteiger charge is 2.35. The van der Waals surface area contributed by atoms with Crippen LogP contribution in [0.5, 0.6) is 11.5 Å². The Morgan fingerprint density at radius 1 is 1.21 bits per heavy atom. The number of amides is 2. The van der Waals surface area contributed by atoms with E-state index in [1.54, 1.807) is 43.5 Å². The first-order chi connectivity index (χ1) is 13.4. The highest BCUT2D eigenvalue weighted by Crippen LogP contribution is 2.39. The summed E-state index contributed by atoms with van der Waals surface area (Å²) in [6, 6.07) is 10.6.